The van der Waals surface area contributed by atoms with Crippen LogP contribution in [0.2, 0.25) is 0 Å². The van der Waals surface area contributed by atoms with Gasteiger partial charge < -0.3 is 10.1 Å². The van der Waals surface area contributed by atoms with Gasteiger partial charge in [-0.2, -0.15) is 0 Å². The number of fused-ring (bicyclic) bond motifs is 2. The van der Waals surface area contributed by atoms with Gasteiger partial charge in [0.1, 0.15) is 6.10 Å². The predicted molar refractivity (Wildman–Crippen MR) is 83.7 cm³/mol. The minimum Gasteiger partial charge on any atom is -0.372 e. The summed E-state index contributed by atoms with van der Waals surface area (Å²) in [5, 5.41) is 3.20. The summed E-state index contributed by atoms with van der Waals surface area (Å²) in [6.07, 6.45) is -0.0523. The topological polar surface area (TPSA) is 38.3 Å². The molecule has 2 aliphatic rings. The molecule has 1 aliphatic carbocycles. The molecule has 0 aromatic heterocycles. The summed E-state index contributed by atoms with van der Waals surface area (Å²) in [4.78, 5) is 12.4. The van der Waals surface area contributed by atoms with Crippen molar-refractivity contribution in [2.75, 3.05) is 7.11 Å². The molecule has 1 heterocycles. The zero-order valence-electron chi connectivity index (χ0n) is 13.4. The lowest BCUT2D eigenvalue weighted by Gasteiger charge is -2.39. The average Bonchev–Trinajstić information content (AvgIpc) is 2.76. The molecule has 0 fully saturated rings. The Morgan fingerprint density at radius 3 is 2.48 bits per heavy atom. The quantitative estimate of drug-likeness (QED) is 0.859. The Bertz CT molecular complexity index is 624. The van der Waals surface area contributed by atoms with Crippen molar-refractivity contribution in [2.45, 2.75) is 39.8 Å². The molecule has 0 saturated carbocycles. The Morgan fingerprint density at radius 2 is 1.86 bits per heavy atom. The third-order valence-electron chi connectivity index (χ3n) is 4.65. The van der Waals surface area contributed by atoms with Crippen LogP contribution in [-0.2, 0) is 9.53 Å². The smallest absolute Gasteiger partial charge is 0.227 e. The van der Waals surface area contributed by atoms with Crippen molar-refractivity contribution in [3.63, 3.8) is 0 Å². The first-order valence-electron chi connectivity index (χ1n) is 7.52. The maximum atomic E-state index is 12.4. The third-order valence-corrected chi connectivity index (χ3v) is 4.65. The van der Waals surface area contributed by atoms with Gasteiger partial charge in [0.15, 0.2) is 0 Å². The molecule has 1 aromatic rings. The second kappa shape index (κ2) is 4.70. The van der Waals surface area contributed by atoms with Crippen molar-refractivity contribution in [3.8, 4) is 0 Å². The molecule has 0 bridgehead atoms. The van der Waals surface area contributed by atoms with Crippen LogP contribution in [-0.4, -0.2) is 19.1 Å². The largest absolute Gasteiger partial charge is 0.372 e. The minimum absolute atomic E-state index is 0.00792. The fraction of sp³-hybridized carbons (Fsp3) is 0.500. The molecule has 1 N–H and O–H groups in total. The number of nitrogens with one attached hydrogen (secondary N) is 1. The van der Waals surface area contributed by atoms with E-state index in [0.717, 1.165) is 0 Å². The van der Waals surface area contributed by atoms with Crippen LogP contribution in [0.1, 0.15) is 44.9 Å². The molecule has 1 aromatic carbocycles. The van der Waals surface area contributed by atoms with E-state index in [-0.39, 0.29) is 29.4 Å². The average molecular weight is 285 g/mol. The number of amides is 1. The fourth-order valence-electron chi connectivity index (χ4n) is 3.64. The van der Waals surface area contributed by atoms with Gasteiger partial charge in [0, 0.05) is 7.11 Å². The van der Waals surface area contributed by atoms with Crippen LogP contribution in [0.5, 0.6) is 0 Å². The van der Waals surface area contributed by atoms with E-state index in [2.05, 4.69) is 38.2 Å². The highest BCUT2D eigenvalue weighted by atomic mass is 16.5. The van der Waals surface area contributed by atoms with Gasteiger partial charge >= 0.3 is 0 Å². The van der Waals surface area contributed by atoms with Gasteiger partial charge in [-0.3, -0.25) is 4.79 Å². The number of hydrogen-bond donors (Lipinski definition) is 1. The minimum atomic E-state index is -0.125. The van der Waals surface area contributed by atoms with Crippen LogP contribution in [0.3, 0.4) is 0 Å². The highest BCUT2D eigenvalue weighted by Gasteiger charge is 2.46. The normalized spacial score (nSPS) is 28.2. The maximum absolute atomic E-state index is 12.4. The first kappa shape index (κ1) is 14.3. The lowest BCUT2D eigenvalue weighted by Crippen LogP contribution is -2.51. The lowest BCUT2D eigenvalue weighted by atomic mass is 9.75. The molecule has 3 rings (SSSR count). The molecule has 0 saturated heterocycles. The van der Waals surface area contributed by atoms with E-state index >= 15 is 0 Å². The van der Waals surface area contributed by atoms with Crippen LogP contribution >= 0.6 is 0 Å². The Kier molecular flexibility index (Phi) is 3.21. The predicted octanol–water partition coefficient (Wildman–Crippen LogP) is 3.32. The fourth-order valence-corrected chi connectivity index (χ4v) is 3.64. The number of carbonyl (C=O) groups excluding carboxylic acids is 1. The van der Waals surface area contributed by atoms with Gasteiger partial charge in [-0.15, -0.1) is 0 Å². The van der Waals surface area contributed by atoms with Gasteiger partial charge in [0.05, 0.1) is 12.0 Å². The lowest BCUT2D eigenvalue weighted by molar-refractivity contribution is -0.124. The molecular formula is C18H23NO2. The van der Waals surface area contributed by atoms with E-state index < -0.39 is 0 Å². The summed E-state index contributed by atoms with van der Waals surface area (Å²) in [5.41, 5.74) is 4.72. The summed E-state index contributed by atoms with van der Waals surface area (Å²) in [6, 6.07) is 8.30. The van der Waals surface area contributed by atoms with E-state index in [1.807, 2.05) is 19.1 Å². The van der Waals surface area contributed by atoms with E-state index in [1.165, 1.54) is 22.3 Å². The third kappa shape index (κ3) is 2.03. The van der Waals surface area contributed by atoms with E-state index in [4.69, 9.17) is 4.74 Å². The number of hydrogen-bond acceptors (Lipinski definition) is 2. The molecule has 0 spiro atoms. The van der Waals surface area contributed by atoms with E-state index in [9.17, 15) is 4.79 Å². The van der Waals surface area contributed by atoms with Crippen LogP contribution in [0.15, 0.2) is 29.8 Å². The highest BCUT2D eigenvalue weighted by Crippen LogP contribution is 2.51. The zero-order chi connectivity index (χ0) is 15.4. The van der Waals surface area contributed by atoms with Gasteiger partial charge in [0.2, 0.25) is 5.91 Å². The van der Waals surface area contributed by atoms with Gasteiger partial charge in [-0.05, 0) is 34.6 Å². The van der Waals surface area contributed by atoms with Crippen molar-refractivity contribution in [3.05, 3.63) is 41.0 Å². The molecule has 21 heavy (non-hydrogen) atoms. The summed E-state index contributed by atoms with van der Waals surface area (Å²) < 4.78 is 5.81. The molecule has 3 heteroatoms. The number of ether oxygens (including phenoxy) is 1. The van der Waals surface area contributed by atoms with Crippen molar-refractivity contribution in [1.29, 1.82) is 0 Å². The first-order valence-corrected chi connectivity index (χ1v) is 7.52. The summed E-state index contributed by atoms with van der Waals surface area (Å²) >= 11 is 0. The molecule has 1 amide bonds. The summed E-state index contributed by atoms with van der Waals surface area (Å²) in [7, 11) is 1.75. The molecule has 112 valence electrons. The SMILES string of the molecule is CO[C@@H]1C2=C(c3ccccc31)[C@H](C)C(=O)N[C@@H]2C(C)(C)C. The van der Waals surface area contributed by atoms with Crippen molar-refractivity contribution in [1.82, 2.24) is 5.32 Å². The Labute approximate surface area is 126 Å². The van der Waals surface area contributed by atoms with Gasteiger partial charge in [0.25, 0.3) is 0 Å². The maximum Gasteiger partial charge on any atom is 0.227 e. The standard InChI is InChI=1S/C18H23NO2/c1-10-13-11-8-6-7-9-12(11)15(21-5)14(13)16(18(2,3)4)19-17(10)20/h6-10,15-16H,1-5H3,(H,19,20)/t10-,15-,16-/m0/s1. The number of carbonyl (C=O) groups is 1. The van der Waals surface area contributed by atoms with Crippen LogP contribution < -0.4 is 5.32 Å². The van der Waals surface area contributed by atoms with Crippen molar-refractivity contribution >= 4 is 11.5 Å². The second-order valence-electron chi connectivity index (χ2n) is 7.10. The van der Waals surface area contributed by atoms with E-state index in [0.29, 0.717) is 0 Å². The van der Waals surface area contributed by atoms with Crippen LogP contribution in [0.4, 0.5) is 0 Å². The van der Waals surface area contributed by atoms with Crippen molar-refractivity contribution < 1.29 is 9.53 Å². The Hall–Kier alpha value is -1.61. The number of rotatable bonds is 1. The molecular weight excluding hydrogens is 262 g/mol. The number of benzene rings is 1. The summed E-state index contributed by atoms with van der Waals surface area (Å²) in [5.74, 6) is -0.0138. The highest BCUT2D eigenvalue weighted by molar-refractivity contribution is 5.98. The number of methoxy groups -OCH3 is 1. The molecule has 3 nitrogen and oxygen atoms in total. The monoisotopic (exact) mass is 285 g/mol. The van der Waals surface area contributed by atoms with Gasteiger partial charge in [-0.25, -0.2) is 0 Å². The van der Waals surface area contributed by atoms with Crippen LogP contribution in [0, 0.1) is 11.3 Å². The summed E-state index contributed by atoms with van der Waals surface area (Å²) in [6.45, 7) is 8.47. The second-order valence-corrected chi connectivity index (χ2v) is 7.10. The molecule has 0 unspecified atom stereocenters. The first-order chi connectivity index (χ1) is 9.86. The Balaban J connectivity index is 2.24. The molecule has 0 radical (unpaired) electrons. The van der Waals surface area contributed by atoms with Crippen LogP contribution in [0.25, 0.3) is 5.57 Å². The molecule has 1 aliphatic heterocycles. The van der Waals surface area contributed by atoms with Crippen molar-refractivity contribution in [2.24, 2.45) is 11.3 Å². The Morgan fingerprint density at radius 1 is 1.19 bits per heavy atom. The zero-order valence-corrected chi connectivity index (χ0v) is 13.4. The molecule has 3 atom stereocenters. The van der Waals surface area contributed by atoms with E-state index in [1.54, 1.807) is 7.11 Å². The van der Waals surface area contributed by atoms with Gasteiger partial charge in [-0.1, -0.05) is 45.0 Å².